The van der Waals surface area contributed by atoms with E-state index in [1.165, 1.54) is 0 Å². The van der Waals surface area contributed by atoms with Gasteiger partial charge in [-0.1, -0.05) is 6.92 Å². The molecule has 1 heterocycles. The number of carbonyl (C=O) groups is 2. The van der Waals surface area contributed by atoms with Crippen LogP contribution in [0.3, 0.4) is 0 Å². The van der Waals surface area contributed by atoms with E-state index in [2.05, 4.69) is 5.32 Å². The number of hydrogen-bond donors (Lipinski definition) is 1. The second-order valence-corrected chi connectivity index (χ2v) is 6.90. The van der Waals surface area contributed by atoms with Gasteiger partial charge in [0.2, 0.25) is 5.91 Å². The molecule has 0 bridgehead atoms. The van der Waals surface area contributed by atoms with Crippen molar-refractivity contribution in [2.75, 3.05) is 19.7 Å². The second kappa shape index (κ2) is 8.34. The third-order valence-corrected chi connectivity index (χ3v) is 5.08. The first-order chi connectivity index (χ1) is 12.6. The van der Waals surface area contributed by atoms with Crippen molar-refractivity contribution in [3.8, 4) is 5.75 Å². The van der Waals surface area contributed by atoms with Gasteiger partial charge < -0.3 is 15.0 Å². The molecule has 0 spiro atoms. The average Bonchev–Trinajstić information content (AvgIpc) is 2.61. The lowest BCUT2D eigenvalue weighted by Crippen LogP contribution is -2.48. The molecular formula is C20H25FN2O3. The Hall–Kier alpha value is -2.37. The van der Waals surface area contributed by atoms with Gasteiger partial charge in [-0.05, 0) is 61.4 Å². The van der Waals surface area contributed by atoms with Gasteiger partial charge in [0.05, 0.1) is 12.9 Å². The van der Waals surface area contributed by atoms with Crippen molar-refractivity contribution >= 4 is 11.8 Å². The molecule has 140 valence electrons. The van der Waals surface area contributed by atoms with E-state index in [9.17, 15) is 14.0 Å². The van der Waals surface area contributed by atoms with Gasteiger partial charge in [-0.15, -0.1) is 0 Å². The topological polar surface area (TPSA) is 58.6 Å². The van der Waals surface area contributed by atoms with E-state index in [-0.39, 0.29) is 31.0 Å². The largest absolute Gasteiger partial charge is 0.489 e. The lowest BCUT2D eigenvalue weighted by molar-refractivity contribution is -0.123. The maximum absolute atomic E-state index is 12.6. The van der Waals surface area contributed by atoms with E-state index in [0.717, 1.165) is 24.8 Å². The van der Waals surface area contributed by atoms with Gasteiger partial charge in [0.1, 0.15) is 12.4 Å². The van der Waals surface area contributed by atoms with Crippen molar-refractivity contribution in [3.63, 3.8) is 0 Å². The lowest BCUT2D eigenvalue weighted by Gasteiger charge is -2.31. The molecule has 2 aliphatic rings. The van der Waals surface area contributed by atoms with Crippen LogP contribution in [0.15, 0.2) is 30.1 Å². The maximum atomic E-state index is 12.6. The highest BCUT2D eigenvalue weighted by atomic mass is 19.1. The Morgan fingerprint density at radius 3 is 2.88 bits per heavy atom. The molecular weight excluding hydrogens is 335 g/mol. The Morgan fingerprint density at radius 1 is 1.42 bits per heavy atom. The van der Waals surface area contributed by atoms with Gasteiger partial charge in [0.25, 0.3) is 5.91 Å². The minimum absolute atomic E-state index is 0.0865. The number of benzene rings is 1. The summed E-state index contributed by atoms with van der Waals surface area (Å²) in [6, 6.07) is 5.57. The number of nitrogens with zero attached hydrogens (tertiary/aromatic N) is 1. The summed E-state index contributed by atoms with van der Waals surface area (Å²) in [5.74, 6) is 0.413. The molecule has 1 aliphatic heterocycles. The van der Waals surface area contributed by atoms with Crippen molar-refractivity contribution in [2.45, 2.75) is 45.1 Å². The van der Waals surface area contributed by atoms with Crippen LogP contribution in [0.5, 0.6) is 5.75 Å². The molecule has 26 heavy (non-hydrogen) atoms. The number of amides is 2. The molecule has 2 amide bonds. The highest BCUT2D eigenvalue weighted by molar-refractivity contribution is 5.98. The smallest absolute Gasteiger partial charge is 0.254 e. The highest BCUT2D eigenvalue weighted by Crippen LogP contribution is 2.24. The average molecular weight is 360 g/mol. The SMILES string of the molecule is CC/C(=C/F)COc1ccc2c(c1)CCN(CC(=O)NC1CCC1)C2=O. The van der Waals surface area contributed by atoms with E-state index in [4.69, 9.17) is 4.74 Å². The van der Waals surface area contributed by atoms with Crippen molar-refractivity contribution in [1.82, 2.24) is 10.2 Å². The van der Waals surface area contributed by atoms with Gasteiger partial charge in [0.15, 0.2) is 0 Å². The summed E-state index contributed by atoms with van der Waals surface area (Å²) >= 11 is 0. The summed E-state index contributed by atoms with van der Waals surface area (Å²) in [7, 11) is 0. The second-order valence-electron chi connectivity index (χ2n) is 6.90. The Labute approximate surface area is 153 Å². The summed E-state index contributed by atoms with van der Waals surface area (Å²) in [5.41, 5.74) is 2.10. The zero-order valence-corrected chi connectivity index (χ0v) is 15.1. The first kappa shape index (κ1) is 18.4. The van der Waals surface area contributed by atoms with Crippen molar-refractivity contribution < 1.29 is 18.7 Å². The van der Waals surface area contributed by atoms with Crippen LogP contribution >= 0.6 is 0 Å². The zero-order chi connectivity index (χ0) is 18.5. The Kier molecular flexibility index (Phi) is 5.91. The summed E-state index contributed by atoms with van der Waals surface area (Å²) in [6.45, 7) is 2.69. The summed E-state index contributed by atoms with van der Waals surface area (Å²) < 4.78 is 18.2. The van der Waals surface area contributed by atoms with Crippen LogP contribution in [0, 0.1) is 0 Å². The predicted molar refractivity (Wildman–Crippen MR) is 96.8 cm³/mol. The van der Waals surface area contributed by atoms with Crippen molar-refractivity contribution in [3.05, 3.63) is 41.2 Å². The number of hydrogen-bond acceptors (Lipinski definition) is 3. The van der Waals surface area contributed by atoms with Crippen LogP contribution in [0.2, 0.25) is 0 Å². The van der Waals surface area contributed by atoms with E-state index in [0.29, 0.717) is 42.6 Å². The van der Waals surface area contributed by atoms with Crippen molar-refractivity contribution in [1.29, 1.82) is 0 Å². The summed E-state index contributed by atoms with van der Waals surface area (Å²) in [6.07, 6.45) is 5.07. The first-order valence-corrected chi connectivity index (χ1v) is 9.23. The number of ether oxygens (including phenoxy) is 1. The van der Waals surface area contributed by atoms with Gasteiger partial charge in [-0.3, -0.25) is 9.59 Å². The molecule has 0 saturated heterocycles. The minimum Gasteiger partial charge on any atom is -0.489 e. The van der Waals surface area contributed by atoms with Gasteiger partial charge in [-0.2, -0.15) is 0 Å². The standard InChI is InChI=1S/C20H25FN2O3/c1-2-14(11-21)13-26-17-6-7-18-15(10-17)8-9-23(20(18)25)12-19(24)22-16-4-3-5-16/h6-7,10-11,16H,2-5,8-9,12-13H2,1H3,(H,22,24)/b14-11-. The molecule has 0 atom stereocenters. The molecule has 5 nitrogen and oxygen atoms in total. The molecule has 1 saturated carbocycles. The lowest BCUT2D eigenvalue weighted by atomic mass is 9.93. The number of nitrogens with one attached hydrogen (secondary N) is 1. The molecule has 0 radical (unpaired) electrons. The highest BCUT2D eigenvalue weighted by Gasteiger charge is 2.27. The predicted octanol–water partition coefficient (Wildman–Crippen LogP) is 3.00. The molecule has 1 aromatic rings. The van der Waals surface area contributed by atoms with E-state index < -0.39 is 0 Å². The van der Waals surface area contributed by atoms with Crippen LogP contribution in [0.25, 0.3) is 0 Å². The fourth-order valence-electron chi connectivity index (χ4n) is 3.14. The Morgan fingerprint density at radius 2 is 2.23 bits per heavy atom. The van der Waals surface area contributed by atoms with Crippen molar-refractivity contribution in [2.24, 2.45) is 0 Å². The van der Waals surface area contributed by atoms with Crippen LogP contribution in [0.4, 0.5) is 4.39 Å². The van der Waals surface area contributed by atoms with Crippen LogP contribution in [-0.2, 0) is 11.2 Å². The molecule has 1 fully saturated rings. The number of carbonyl (C=O) groups excluding carboxylic acids is 2. The van der Waals surface area contributed by atoms with Crippen LogP contribution in [0.1, 0.15) is 48.5 Å². The number of rotatable bonds is 7. The number of fused-ring (bicyclic) bond motifs is 1. The van der Waals surface area contributed by atoms with Gasteiger partial charge in [-0.25, -0.2) is 4.39 Å². The normalized spacial score (nSPS) is 17.5. The summed E-state index contributed by atoms with van der Waals surface area (Å²) in [5, 5.41) is 2.97. The zero-order valence-electron chi connectivity index (χ0n) is 15.1. The monoisotopic (exact) mass is 360 g/mol. The van der Waals surface area contributed by atoms with Gasteiger partial charge in [0, 0.05) is 18.2 Å². The molecule has 1 N–H and O–H groups in total. The molecule has 3 rings (SSSR count). The Bertz CT molecular complexity index is 713. The minimum atomic E-state index is -0.125. The van der Waals surface area contributed by atoms with Crippen LogP contribution in [-0.4, -0.2) is 42.5 Å². The molecule has 1 aliphatic carbocycles. The van der Waals surface area contributed by atoms with E-state index >= 15 is 0 Å². The van der Waals surface area contributed by atoms with Gasteiger partial charge >= 0.3 is 0 Å². The van der Waals surface area contributed by atoms with E-state index in [1.807, 2.05) is 13.0 Å². The fourth-order valence-corrected chi connectivity index (χ4v) is 3.14. The molecule has 0 unspecified atom stereocenters. The Balaban J connectivity index is 1.60. The molecule has 0 aromatic heterocycles. The number of halogens is 1. The maximum Gasteiger partial charge on any atom is 0.254 e. The third-order valence-electron chi connectivity index (χ3n) is 5.08. The quantitative estimate of drug-likeness (QED) is 0.813. The first-order valence-electron chi connectivity index (χ1n) is 9.23. The third kappa shape index (κ3) is 4.23. The van der Waals surface area contributed by atoms with E-state index in [1.54, 1.807) is 17.0 Å². The fraction of sp³-hybridized carbons (Fsp3) is 0.500. The molecule has 1 aromatic carbocycles. The molecule has 6 heteroatoms. The summed E-state index contributed by atoms with van der Waals surface area (Å²) in [4.78, 5) is 26.3. The van der Waals surface area contributed by atoms with Crippen LogP contribution < -0.4 is 10.1 Å².